The summed E-state index contributed by atoms with van der Waals surface area (Å²) in [5.41, 5.74) is 5.62. The highest BCUT2D eigenvalue weighted by Crippen LogP contribution is 2.37. The Labute approximate surface area is 210 Å². The predicted molar refractivity (Wildman–Crippen MR) is 140 cm³/mol. The van der Waals surface area contributed by atoms with Crippen LogP contribution in [0.1, 0.15) is 44.4 Å². The van der Waals surface area contributed by atoms with E-state index in [1.807, 2.05) is 41.2 Å². The van der Waals surface area contributed by atoms with Gasteiger partial charge < -0.3 is 10.6 Å². The van der Waals surface area contributed by atoms with Gasteiger partial charge in [-0.1, -0.05) is 42.8 Å². The van der Waals surface area contributed by atoms with Crippen LogP contribution in [-0.2, 0) is 11.3 Å². The summed E-state index contributed by atoms with van der Waals surface area (Å²) in [7, 11) is 0. The second-order valence-corrected chi connectivity index (χ2v) is 9.99. The molecule has 0 bridgehead atoms. The van der Waals surface area contributed by atoms with Gasteiger partial charge in [-0.3, -0.25) is 14.7 Å². The monoisotopic (exact) mass is 491 g/mol. The van der Waals surface area contributed by atoms with Crippen molar-refractivity contribution < 1.29 is 4.79 Å². The first-order valence-corrected chi connectivity index (χ1v) is 12.5. The maximum Gasteiger partial charge on any atom is 0.230 e. The van der Waals surface area contributed by atoms with Crippen LogP contribution in [0, 0.1) is 5.92 Å². The maximum absolute atomic E-state index is 12.7. The van der Waals surface area contributed by atoms with E-state index in [0.717, 1.165) is 48.8 Å². The number of aromatic nitrogens is 3. The van der Waals surface area contributed by atoms with Crippen LogP contribution in [0.2, 0.25) is 5.02 Å². The number of nitrogens with one attached hydrogen (secondary N) is 2. The van der Waals surface area contributed by atoms with Gasteiger partial charge in [-0.25, -0.2) is 4.68 Å². The Morgan fingerprint density at radius 2 is 2.00 bits per heavy atom. The number of carbonyl (C=O) groups excluding carboxylic acids is 1. The van der Waals surface area contributed by atoms with E-state index >= 15 is 0 Å². The highest BCUT2D eigenvalue weighted by atomic mass is 35.5. The molecule has 2 N–H and O–H groups in total. The number of amides is 1. The van der Waals surface area contributed by atoms with Crippen LogP contribution < -0.4 is 10.6 Å². The zero-order chi connectivity index (χ0) is 24.4. The summed E-state index contributed by atoms with van der Waals surface area (Å²) < 4.78 is 1.88. The van der Waals surface area contributed by atoms with Crippen LogP contribution in [0.15, 0.2) is 47.6 Å². The average molecular weight is 492 g/mol. The van der Waals surface area contributed by atoms with Crippen molar-refractivity contribution >= 4 is 40.3 Å². The molecule has 5 rings (SSSR count). The van der Waals surface area contributed by atoms with Crippen LogP contribution >= 0.6 is 11.6 Å². The van der Waals surface area contributed by atoms with Gasteiger partial charge in [-0.2, -0.15) is 0 Å². The number of aliphatic imine (C=N–C) groups is 1. The fourth-order valence-corrected chi connectivity index (χ4v) is 4.70. The summed E-state index contributed by atoms with van der Waals surface area (Å²) in [6.07, 6.45) is 4.47. The summed E-state index contributed by atoms with van der Waals surface area (Å²) in [5.74, 6) is 0.348. The largest absolute Gasteiger partial charge is 0.384 e. The third-order valence-electron chi connectivity index (χ3n) is 6.27. The van der Waals surface area contributed by atoms with Crippen LogP contribution in [0.25, 0.3) is 5.69 Å². The Morgan fingerprint density at radius 3 is 2.80 bits per heavy atom. The van der Waals surface area contributed by atoms with Crippen molar-refractivity contribution in [2.45, 2.75) is 39.7 Å². The third kappa shape index (κ3) is 5.39. The van der Waals surface area contributed by atoms with Gasteiger partial charge in [0.1, 0.15) is 0 Å². The maximum atomic E-state index is 12.7. The minimum absolute atomic E-state index is 0.123. The lowest BCUT2D eigenvalue weighted by molar-refractivity contribution is -0.115. The Balaban J connectivity index is 1.47. The second kappa shape index (κ2) is 10.2. The molecule has 1 amide bonds. The van der Waals surface area contributed by atoms with Gasteiger partial charge in [0.15, 0.2) is 0 Å². The van der Waals surface area contributed by atoms with Gasteiger partial charge in [0.05, 0.1) is 51.8 Å². The molecule has 8 nitrogen and oxygen atoms in total. The van der Waals surface area contributed by atoms with E-state index in [0.29, 0.717) is 28.0 Å². The Bertz CT molecular complexity index is 1260. The molecule has 9 heteroatoms. The first kappa shape index (κ1) is 23.5. The van der Waals surface area contributed by atoms with Gasteiger partial charge >= 0.3 is 0 Å². The normalized spacial score (nSPS) is 16.1. The van der Waals surface area contributed by atoms with E-state index in [1.165, 1.54) is 12.8 Å². The van der Waals surface area contributed by atoms with Crippen molar-refractivity contribution in [2.75, 3.05) is 30.3 Å². The van der Waals surface area contributed by atoms with Gasteiger partial charge in [-0.05, 0) is 61.7 Å². The lowest BCUT2D eigenvalue weighted by Crippen LogP contribution is -2.20. The number of hydrogen-bond donors (Lipinski definition) is 2. The predicted octanol–water partition coefficient (Wildman–Crippen LogP) is 5.05. The molecule has 0 radical (unpaired) electrons. The Morgan fingerprint density at radius 1 is 1.17 bits per heavy atom. The summed E-state index contributed by atoms with van der Waals surface area (Å²) in [6.45, 7) is 8.10. The van der Waals surface area contributed by atoms with E-state index in [9.17, 15) is 4.79 Å². The van der Waals surface area contributed by atoms with Crippen molar-refractivity contribution in [3.8, 4) is 5.69 Å². The molecule has 2 aromatic carbocycles. The summed E-state index contributed by atoms with van der Waals surface area (Å²) >= 11 is 6.47. The minimum atomic E-state index is -0.123. The van der Waals surface area contributed by atoms with E-state index in [1.54, 1.807) is 6.07 Å². The van der Waals surface area contributed by atoms with Crippen LogP contribution in [0.5, 0.6) is 0 Å². The van der Waals surface area contributed by atoms with E-state index in [-0.39, 0.29) is 12.3 Å². The SMILES string of the molecule is CC(C)CNc1cc2c(cc1Cl)NC(=O)CC(c1cccc(-n3nncc3CN3CCCC3)c1)=N2. The smallest absolute Gasteiger partial charge is 0.230 e. The van der Waals surface area contributed by atoms with E-state index < -0.39 is 0 Å². The van der Waals surface area contributed by atoms with Crippen LogP contribution in [0.4, 0.5) is 17.1 Å². The zero-order valence-corrected chi connectivity index (χ0v) is 20.8. The van der Waals surface area contributed by atoms with Crippen LogP contribution in [-0.4, -0.2) is 51.1 Å². The van der Waals surface area contributed by atoms with Crippen molar-refractivity contribution in [3.63, 3.8) is 0 Å². The molecule has 0 spiro atoms. The Hall–Kier alpha value is -3.23. The molecule has 1 saturated heterocycles. The molecular formula is C26H30ClN7O. The van der Waals surface area contributed by atoms with Crippen molar-refractivity contribution in [1.82, 2.24) is 19.9 Å². The zero-order valence-electron chi connectivity index (χ0n) is 20.1. The molecule has 0 saturated carbocycles. The highest BCUT2D eigenvalue weighted by molar-refractivity contribution is 6.34. The minimum Gasteiger partial charge on any atom is -0.384 e. The fraction of sp³-hybridized carbons (Fsp3) is 0.385. The first-order chi connectivity index (χ1) is 17.0. The number of benzene rings is 2. The molecule has 1 aromatic heterocycles. The van der Waals surface area contributed by atoms with Gasteiger partial charge in [0.2, 0.25) is 5.91 Å². The first-order valence-electron chi connectivity index (χ1n) is 12.1. The van der Waals surface area contributed by atoms with Crippen molar-refractivity contribution in [1.29, 1.82) is 0 Å². The number of nitrogens with zero attached hydrogens (tertiary/aromatic N) is 5. The molecule has 3 heterocycles. The summed E-state index contributed by atoms with van der Waals surface area (Å²) in [4.78, 5) is 20.0. The standard InChI is InChI=1S/C26H30ClN7O/c1-17(2)14-28-23-12-25-24(11-21(23)27)31-26(35)13-22(30-25)18-6-5-7-19(10-18)34-20(15-29-32-34)16-33-8-3-4-9-33/h5-7,10-12,15,17,28H,3-4,8-9,13-14,16H2,1-2H3,(H,31,35). The lowest BCUT2D eigenvalue weighted by Gasteiger charge is -2.15. The average Bonchev–Trinajstić information content (AvgIpc) is 3.48. The highest BCUT2D eigenvalue weighted by Gasteiger charge is 2.20. The molecular weight excluding hydrogens is 462 g/mol. The molecule has 2 aliphatic rings. The van der Waals surface area contributed by atoms with Crippen molar-refractivity contribution in [2.24, 2.45) is 10.9 Å². The molecule has 182 valence electrons. The molecule has 2 aliphatic heterocycles. The number of halogens is 1. The molecule has 0 unspecified atom stereocenters. The molecule has 35 heavy (non-hydrogen) atoms. The number of fused-ring (bicyclic) bond motifs is 1. The quantitative estimate of drug-likeness (QED) is 0.483. The number of anilines is 2. The van der Waals surface area contributed by atoms with Gasteiger partial charge in [0.25, 0.3) is 0 Å². The number of hydrogen-bond acceptors (Lipinski definition) is 6. The number of likely N-dealkylation sites (tertiary alicyclic amines) is 1. The molecule has 0 aliphatic carbocycles. The van der Waals surface area contributed by atoms with Crippen molar-refractivity contribution in [3.05, 3.63) is 58.9 Å². The molecule has 1 fully saturated rings. The molecule has 3 aromatic rings. The third-order valence-corrected chi connectivity index (χ3v) is 6.58. The Kier molecular flexibility index (Phi) is 6.83. The van der Waals surface area contributed by atoms with Gasteiger partial charge in [-0.15, -0.1) is 5.10 Å². The van der Waals surface area contributed by atoms with Crippen LogP contribution in [0.3, 0.4) is 0 Å². The molecule has 0 atom stereocenters. The van der Waals surface area contributed by atoms with Gasteiger partial charge in [0, 0.05) is 13.1 Å². The fourth-order valence-electron chi connectivity index (χ4n) is 4.47. The van der Waals surface area contributed by atoms with E-state index in [4.69, 9.17) is 16.6 Å². The summed E-state index contributed by atoms with van der Waals surface area (Å²) in [6, 6.07) is 11.6. The number of carbonyl (C=O) groups is 1. The topological polar surface area (TPSA) is 87.4 Å². The lowest BCUT2D eigenvalue weighted by atomic mass is 10.1. The summed E-state index contributed by atoms with van der Waals surface area (Å²) in [5, 5.41) is 15.4. The van der Waals surface area contributed by atoms with E-state index in [2.05, 4.69) is 39.7 Å². The number of rotatable bonds is 7. The second-order valence-electron chi connectivity index (χ2n) is 9.58.